The van der Waals surface area contributed by atoms with Gasteiger partial charge in [-0.25, -0.2) is 4.83 Å². The largest absolute Gasteiger partial charge is 0.484 e. The summed E-state index contributed by atoms with van der Waals surface area (Å²) >= 11 is 0. The summed E-state index contributed by atoms with van der Waals surface area (Å²) in [7, 11) is -3.70. The van der Waals surface area contributed by atoms with Crippen LogP contribution in [0.25, 0.3) is 0 Å². The van der Waals surface area contributed by atoms with Crippen LogP contribution in [0.15, 0.2) is 94.9 Å². The van der Waals surface area contributed by atoms with Crippen molar-refractivity contribution >= 4 is 22.1 Å². The van der Waals surface area contributed by atoms with Crippen molar-refractivity contribution < 1.29 is 17.9 Å². The van der Waals surface area contributed by atoms with Crippen LogP contribution >= 0.6 is 0 Å². The Morgan fingerprint density at radius 1 is 0.900 bits per heavy atom. The third kappa shape index (κ3) is 6.46. The molecule has 0 saturated heterocycles. The molecule has 0 heterocycles. The Morgan fingerprint density at radius 3 is 2.20 bits per heavy atom. The maximum atomic E-state index is 12.1. The molecule has 0 aliphatic rings. The highest BCUT2D eigenvalue weighted by atomic mass is 32.2. The van der Waals surface area contributed by atoms with Crippen molar-refractivity contribution in [3.8, 4) is 5.75 Å². The van der Waals surface area contributed by atoms with E-state index in [0.717, 1.165) is 5.56 Å². The van der Waals surface area contributed by atoms with Gasteiger partial charge in [0.1, 0.15) is 5.75 Å². The van der Waals surface area contributed by atoms with Gasteiger partial charge in [0, 0.05) is 6.54 Å². The fraction of sp³-hybridized carbons (Fsp3) is 0.0909. The van der Waals surface area contributed by atoms with Gasteiger partial charge in [0.25, 0.3) is 15.9 Å². The average molecular weight is 423 g/mol. The summed E-state index contributed by atoms with van der Waals surface area (Å²) in [5, 5.41) is 6.56. The molecule has 0 spiro atoms. The predicted octanol–water partition coefficient (Wildman–Crippen LogP) is 2.69. The number of nitrogens with zero attached hydrogens (tertiary/aromatic N) is 1. The Balaban J connectivity index is 1.45. The van der Waals surface area contributed by atoms with E-state index in [9.17, 15) is 13.2 Å². The van der Waals surface area contributed by atoms with Crippen molar-refractivity contribution in [2.45, 2.75) is 11.4 Å². The Kier molecular flexibility index (Phi) is 7.18. The van der Waals surface area contributed by atoms with Crippen molar-refractivity contribution in [3.63, 3.8) is 0 Å². The number of nitrogens with one attached hydrogen (secondary N) is 2. The standard InChI is InChI=1S/C22H21N3O4S/c26-22(23-15-18-7-3-1-4-8-18)17-29-20-13-11-19(12-14-20)16-24-25-30(27,28)21-9-5-2-6-10-21/h1-14,16,25H,15,17H2,(H,23,26)/b24-16-. The van der Waals surface area contributed by atoms with E-state index in [1.165, 1.54) is 18.3 Å². The van der Waals surface area contributed by atoms with E-state index in [1.54, 1.807) is 42.5 Å². The molecule has 30 heavy (non-hydrogen) atoms. The number of sulfonamides is 1. The number of carbonyl (C=O) groups excluding carboxylic acids is 1. The van der Waals surface area contributed by atoms with Crippen molar-refractivity contribution in [1.82, 2.24) is 10.1 Å². The van der Waals surface area contributed by atoms with Gasteiger partial charge in [-0.1, -0.05) is 48.5 Å². The van der Waals surface area contributed by atoms with Gasteiger partial charge in [-0.3, -0.25) is 4.79 Å². The van der Waals surface area contributed by atoms with E-state index in [-0.39, 0.29) is 17.4 Å². The summed E-state index contributed by atoms with van der Waals surface area (Å²) in [6.45, 7) is 0.342. The monoisotopic (exact) mass is 423 g/mol. The van der Waals surface area contributed by atoms with E-state index in [4.69, 9.17) is 4.74 Å². The molecule has 8 heteroatoms. The Morgan fingerprint density at radius 2 is 1.53 bits per heavy atom. The molecule has 0 bridgehead atoms. The quantitative estimate of drug-likeness (QED) is 0.408. The van der Waals surface area contributed by atoms with Crippen molar-refractivity contribution in [2.24, 2.45) is 5.10 Å². The first-order valence-electron chi connectivity index (χ1n) is 9.16. The molecule has 0 aromatic heterocycles. The van der Waals surface area contributed by atoms with Crippen LogP contribution in [0, 0.1) is 0 Å². The van der Waals surface area contributed by atoms with E-state index < -0.39 is 10.0 Å². The Labute approximate surface area is 175 Å². The summed E-state index contributed by atoms with van der Waals surface area (Å²) in [6, 6.07) is 24.4. The molecule has 7 nitrogen and oxygen atoms in total. The van der Waals surface area contributed by atoms with Crippen LogP contribution < -0.4 is 14.9 Å². The summed E-state index contributed by atoms with van der Waals surface area (Å²) in [5.74, 6) is 0.298. The second-order valence-electron chi connectivity index (χ2n) is 6.29. The third-order valence-corrected chi connectivity index (χ3v) is 5.26. The van der Waals surface area contributed by atoms with Crippen LogP contribution in [-0.2, 0) is 21.4 Å². The Bertz CT molecular complexity index is 1080. The average Bonchev–Trinajstić information content (AvgIpc) is 2.78. The molecule has 0 aliphatic heterocycles. The van der Waals surface area contributed by atoms with Gasteiger partial charge in [0.2, 0.25) is 0 Å². The molecule has 0 atom stereocenters. The topological polar surface area (TPSA) is 96.9 Å². The van der Waals surface area contributed by atoms with Crippen LogP contribution in [0.5, 0.6) is 5.75 Å². The second kappa shape index (κ2) is 10.2. The molecule has 2 N–H and O–H groups in total. The smallest absolute Gasteiger partial charge is 0.276 e. The van der Waals surface area contributed by atoms with Crippen LogP contribution in [-0.4, -0.2) is 27.1 Å². The van der Waals surface area contributed by atoms with E-state index in [1.807, 2.05) is 30.3 Å². The van der Waals surface area contributed by atoms with Crippen molar-refractivity contribution in [1.29, 1.82) is 0 Å². The lowest BCUT2D eigenvalue weighted by atomic mass is 10.2. The van der Waals surface area contributed by atoms with Gasteiger partial charge in [-0.2, -0.15) is 13.5 Å². The molecule has 0 aliphatic carbocycles. The number of rotatable bonds is 9. The number of hydrazone groups is 1. The van der Waals surface area contributed by atoms with Crippen LogP contribution in [0.3, 0.4) is 0 Å². The number of benzene rings is 3. The summed E-state index contributed by atoms with van der Waals surface area (Å²) in [5.41, 5.74) is 1.68. The first kappa shape index (κ1) is 21.1. The molecule has 1 amide bonds. The molecule has 3 aromatic carbocycles. The van der Waals surface area contributed by atoms with Crippen molar-refractivity contribution in [3.05, 3.63) is 96.1 Å². The lowest BCUT2D eigenvalue weighted by Gasteiger charge is -2.08. The minimum Gasteiger partial charge on any atom is -0.484 e. The number of amides is 1. The van der Waals surface area contributed by atoms with Crippen LogP contribution in [0.4, 0.5) is 0 Å². The molecule has 3 rings (SSSR count). The summed E-state index contributed by atoms with van der Waals surface area (Å²) in [6.07, 6.45) is 1.39. The highest BCUT2D eigenvalue weighted by molar-refractivity contribution is 7.89. The van der Waals surface area contributed by atoms with Gasteiger partial charge in [-0.15, -0.1) is 0 Å². The Hall–Kier alpha value is -3.65. The first-order chi connectivity index (χ1) is 14.5. The van der Waals surface area contributed by atoms with Crippen LogP contribution in [0.2, 0.25) is 0 Å². The zero-order valence-corrected chi connectivity index (χ0v) is 16.9. The first-order valence-corrected chi connectivity index (χ1v) is 10.6. The van der Waals surface area contributed by atoms with Crippen LogP contribution in [0.1, 0.15) is 11.1 Å². The molecule has 3 aromatic rings. The van der Waals surface area contributed by atoms with E-state index in [2.05, 4.69) is 15.2 Å². The lowest BCUT2D eigenvalue weighted by molar-refractivity contribution is -0.123. The highest BCUT2D eigenvalue weighted by Crippen LogP contribution is 2.11. The molecular weight excluding hydrogens is 402 g/mol. The maximum absolute atomic E-state index is 12.1. The number of carbonyl (C=O) groups is 1. The van der Waals surface area contributed by atoms with Gasteiger partial charge < -0.3 is 10.1 Å². The highest BCUT2D eigenvalue weighted by Gasteiger charge is 2.11. The fourth-order valence-corrected chi connectivity index (χ4v) is 3.28. The lowest BCUT2D eigenvalue weighted by Crippen LogP contribution is -2.28. The van der Waals surface area contributed by atoms with Gasteiger partial charge in [-0.05, 0) is 47.5 Å². The van der Waals surface area contributed by atoms with Crippen molar-refractivity contribution in [2.75, 3.05) is 6.61 Å². The molecule has 0 unspecified atom stereocenters. The predicted molar refractivity (Wildman–Crippen MR) is 115 cm³/mol. The summed E-state index contributed by atoms with van der Waals surface area (Å²) < 4.78 is 29.6. The number of ether oxygens (including phenoxy) is 1. The molecule has 0 saturated carbocycles. The fourth-order valence-electron chi connectivity index (χ4n) is 2.47. The van der Waals surface area contributed by atoms with E-state index >= 15 is 0 Å². The molecule has 0 radical (unpaired) electrons. The number of hydrogen-bond acceptors (Lipinski definition) is 5. The number of hydrogen-bond donors (Lipinski definition) is 2. The SMILES string of the molecule is O=C(COc1ccc(/C=N\NS(=O)(=O)c2ccccc2)cc1)NCc1ccccc1. The third-order valence-electron chi connectivity index (χ3n) is 4.02. The van der Waals surface area contributed by atoms with Gasteiger partial charge in [0.05, 0.1) is 11.1 Å². The van der Waals surface area contributed by atoms with Gasteiger partial charge in [0.15, 0.2) is 6.61 Å². The van der Waals surface area contributed by atoms with E-state index in [0.29, 0.717) is 17.9 Å². The minimum atomic E-state index is -3.70. The summed E-state index contributed by atoms with van der Waals surface area (Å²) in [4.78, 5) is 14.2. The minimum absolute atomic E-state index is 0.100. The molecular formula is C22H21N3O4S. The zero-order valence-electron chi connectivity index (χ0n) is 16.1. The second-order valence-corrected chi connectivity index (χ2v) is 7.95. The molecule has 154 valence electrons. The normalized spacial score (nSPS) is 11.2. The van der Waals surface area contributed by atoms with Gasteiger partial charge >= 0.3 is 0 Å². The molecule has 0 fully saturated rings. The zero-order chi connectivity index (χ0) is 21.2. The maximum Gasteiger partial charge on any atom is 0.276 e.